The van der Waals surface area contributed by atoms with E-state index in [-0.39, 0.29) is 11.7 Å². The SMILES string of the molecule is Cc1cc(NC(=O)P(C)(=O)O)cc(C)c1Oc1ccc(O)c(C(C)C)c1. The summed E-state index contributed by atoms with van der Waals surface area (Å²) in [5.74, 6) is 1.61. The van der Waals surface area contributed by atoms with Crippen molar-refractivity contribution in [3.05, 3.63) is 47.0 Å². The van der Waals surface area contributed by atoms with Gasteiger partial charge in [0.15, 0.2) is 0 Å². The lowest BCUT2D eigenvalue weighted by Crippen LogP contribution is -2.09. The number of aromatic hydroxyl groups is 1. The molecule has 3 N–H and O–H groups in total. The van der Waals surface area contributed by atoms with E-state index in [0.717, 1.165) is 23.4 Å². The van der Waals surface area contributed by atoms with Crippen LogP contribution in [0.1, 0.15) is 36.5 Å². The number of ether oxygens (including phenoxy) is 1. The molecule has 0 spiro atoms. The first kappa shape index (κ1) is 20.0. The van der Waals surface area contributed by atoms with Crippen LogP contribution in [-0.2, 0) is 4.57 Å². The van der Waals surface area contributed by atoms with Gasteiger partial charge in [-0.3, -0.25) is 9.36 Å². The summed E-state index contributed by atoms with van der Waals surface area (Å²) in [7, 11) is -3.84. The van der Waals surface area contributed by atoms with E-state index in [1.807, 2.05) is 27.7 Å². The van der Waals surface area contributed by atoms with Crippen molar-refractivity contribution in [2.45, 2.75) is 33.6 Å². The number of carbonyl (C=O) groups excluding carboxylic acids is 1. The Labute approximate surface area is 153 Å². The van der Waals surface area contributed by atoms with Gasteiger partial charge in [-0.05, 0) is 61.2 Å². The summed E-state index contributed by atoms with van der Waals surface area (Å²) in [5, 5.41) is 12.4. The number of phenolic OH excluding ortho intramolecular Hbond substituents is 1. The number of carbonyl (C=O) groups is 1. The van der Waals surface area contributed by atoms with Crippen molar-refractivity contribution in [1.29, 1.82) is 0 Å². The van der Waals surface area contributed by atoms with E-state index in [0.29, 0.717) is 17.2 Å². The molecule has 1 unspecified atom stereocenters. The summed E-state index contributed by atoms with van der Waals surface area (Å²) in [5.41, 5.74) is 1.85. The quantitative estimate of drug-likeness (QED) is 0.610. The molecule has 0 saturated carbocycles. The normalized spacial score (nSPS) is 13.3. The lowest BCUT2D eigenvalue weighted by atomic mass is 10.0. The molecule has 0 heterocycles. The number of hydrogen-bond acceptors (Lipinski definition) is 4. The first-order valence-corrected chi connectivity index (χ1v) is 10.3. The average molecular weight is 377 g/mol. The second-order valence-corrected chi connectivity index (χ2v) is 8.89. The fourth-order valence-corrected chi connectivity index (χ4v) is 2.92. The highest BCUT2D eigenvalue weighted by Gasteiger charge is 2.22. The van der Waals surface area contributed by atoms with E-state index in [9.17, 15) is 19.4 Å². The van der Waals surface area contributed by atoms with Crippen molar-refractivity contribution in [3.8, 4) is 17.2 Å². The summed E-state index contributed by atoms with van der Waals surface area (Å²) in [6.45, 7) is 8.62. The summed E-state index contributed by atoms with van der Waals surface area (Å²) in [6.07, 6.45) is 0. The smallest absolute Gasteiger partial charge is 0.309 e. The van der Waals surface area contributed by atoms with Gasteiger partial charge in [0.25, 0.3) is 7.37 Å². The van der Waals surface area contributed by atoms with Gasteiger partial charge in [-0.2, -0.15) is 0 Å². The number of hydrogen-bond donors (Lipinski definition) is 3. The van der Waals surface area contributed by atoms with E-state index >= 15 is 0 Å². The second-order valence-electron chi connectivity index (χ2n) is 6.73. The molecule has 0 radical (unpaired) electrons. The molecule has 1 amide bonds. The van der Waals surface area contributed by atoms with Crippen LogP contribution in [-0.4, -0.2) is 22.3 Å². The highest BCUT2D eigenvalue weighted by Crippen LogP contribution is 2.39. The van der Waals surface area contributed by atoms with Gasteiger partial charge in [0.1, 0.15) is 17.2 Å². The molecule has 0 saturated heterocycles. The first-order chi connectivity index (χ1) is 12.0. The van der Waals surface area contributed by atoms with Gasteiger partial charge in [0, 0.05) is 17.9 Å². The lowest BCUT2D eigenvalue weighted by molar-refractivity contribution is 0.265. The maximum Gasteiger partial charge on any atom is 0.309 e. The van der Waals surface area contributed by atoms with Crippen molar-refractivity contribution in [2.75, 3.05) is 12.0 Å². The molecule has 2 aromatic rings. The summed E-state index contributed by atoms with van der Waals surface area (Å²) in [6, 6.07) is 8.45. The molecule has 0 aliphatic rings. The van der Waals surface area contributed by atoms with Crippen LogP contribution >= 0.6 is 7.37 Å². The molecule has 0 aromatic heterocycles. The summed E-state index contributed by atoms with van der Waals surface area (Å²) in [4.78, 5) is 21.0. The van der Waals surface area contributed by atoms with Crippen molar-refractivity contribution >= 4 is 18.7 Å². The zero-order valence-corrected chi connectivity index (χ0v) is 16.4. The van der Waals surface area contributed by atoms with Crippen molar-refractivity contribution in [2.24, 2.45) is 0 Å². The average Bonchev–Trinajstić information content (AvgIpc) is 2.51. The molecule has 0 bridgehead atoms. The zero-order chi connectivity index (χ0) is 19.6. The van der Waals surface area contributed by atoms with Crippen LogP contribution in [0.5, 0.6) is 17.2 Å². The van der Waals surface area contributed by atoms with Gasteiger partial charge in [-0.1, -0.05) is 13.8 Å². The number of anilines is 1. The minimum absolute atomic E-state index is 0.154. The molecule has 140 valence electrons. The Morgan fingerprint density at radius 3 is 2.23 bits per heavy atom. The molecular weight excluding hydrogens is 353 g/mol. The molecule has 7 heteroatoms. The van der Waals surface area contributed by atoms with Crippen LogP contribution in [0.25, 0.3) is 0 Å². The second kappa shape index (κ2) is 7.52. The Hall–Kier alpha value is -2.30. The number of aryl methyl sites for hydroxylation is 2. The molecular formula is C19H24NO5P. The molecule has 26 heavy (non-hydrogen) atoms. The first-order valence-electron chi connectivity index (χ1n) is 8.23. The maximum atomic E-state index is 11.7. The van der Waals surface area contributed by atoms with Crippen LogP contribution in [0, 0.1) is 13.8 Å². The van der Waals surface area contributed by atoms with Crippen molar-refractivity contribution in [3.63, 3.8) is 0 Å². The van der Waals surface area contributed by atoms with Crippen LogP contribution in [0.3, 0.4) is 0 Å². The molecule has 0 aliphatic carbocycles. The summed E-state index contributed by atoms with van der Waals surface area (Å²) < 4.78 is 17.4. The number of benzene rings is 2. The Bertz CT molecular complexity index is 862. The van der Waals surface area contributed by atoms with Gasteiger partial charge < -0.3 is 20.1 Å². The van der Waals surface area contributed by atoms with E-state index in [2.05, 4.69) is 5.32 Å². The van der Waals surface area contributed by atoms with Gasteiger partial charge >= 0.3 is 5.65 Å². The Kier molecular flexibility index (Phi) is 5.79. The minimum Gasteiger partial charge on any atom is -0.508 e. The number of phenols is 1. The fraction of sp³-hybridized carbons (Fsp3) is 0.316. The lowest BCUT2D eigenvalue weighted by Gasteiger charge is -2.16. The van der Waals surface area contributed by atoms with E-state index in [4.69, 9.17) is 4.74 Å². The molecule has 1 atom stereocenters. The zero-order valence-electron chi connectivity index (χ0n) is 15.5. The molecule has 0 fully saturated rings. The minimum atomic E-state index is -3.84. The largest absolute Gasteiger partial charge is 0.508 e. The van der Waals surface area contributed by atoms with Gasteiger partial charge in [0.05, 0.1) is 0 Å². The van der Waals surface area contributed by atoms with Gasteiger partial charge in [-0.25, -0.2) is 0 Å². The third-order valence-corrected chi connectivity index (χ3v) is 4.79. The number of nitrogens with one attached hydrogen (secondary N) is 1. The molecule has 2 aromatic carbocycles. The predicted molar refractivity (Wildman–Crippen MR) is 103 cm³/mol. The standard InChI is InChI=1S/C19H24NO5P/c1-11(2)16-10-15(6-7-17(16)21)25-18-12(3)8-14(9-13(18)4)20-19(22)26(5,23)24/h6-11,21H,1-5H3,(H,20,22)(H,23,24). The van der Waals surface area contributed by atoms with Gasteiger partial charge in [-0.15, -0.1) is 0 Å². The number of amides is 1. The Morgan fingerprint density at radius 1 is 1.15 bits per heavy atom. The van der Waals surface area contributed by atoms with Crippen molar-refractivity contribution in [1.82, 2.24) is 0 Å². The summed E-state index contributed by atoms with van der Waals surface area (Å²) >= 11 is 0. The van der Waals surface area contributed by atoms with Gasteiger partial charge in [0.2, 0.25) is 0 Å². The maximum absolute atomic E-state index is 11.7. The van der Waals surface area contributed by atoms with Crippen LogP contribution in [0.4, 0.5) is 10.5 Å². The predicted octanol–water partition coefficient (Wildman–Crippen LogP) is 5.36. The fourth-order valence-electron chi connectivity index (χ4n) is 2.59. The van der Waals surface area contributed by atoms with E-state index in [1.54, 1.807) is 30.3 Å². The molecule has 2 rings (SSSR count). The van der Waals surface area contributed by atoms with Crippen molar-refractivity contribution < 1.29 is 24.1 Å². The Morgan fingerprint density at radius 2 is 1.73 bits per heavy atom. The Balaban J connectivity index is 2.30. The third-order valence-electron chi connectivity index (χ3n) is 3.93. The topological polar surface area (TPSA) is 95.9 Å². The van der Waals surface area contributed by atoms with Crippen LogP contribution in [0.15, 0.2) is 30.3 Å². The highest BCUT2D eigenvalue weighted by molar-refractivity contribution is 7.75. The monoisotopic (exact) mass is 377 g/mol. The number of rotatable bonds is 5. The third kappa shape index (κ3) is 4.65. The molecule has 6 nitrogen and oxygen atoms in total. The van der Waals surface area contributed by atoms with E-state index < -0.39 is 13.0 Å². The van der Waals surface area contributed by atoms with E-state index in [1.165, 1.54) is 0 Å². The highest BCUT2D eigenvalue weighted by atomic mass is 31.2. The molecule has 0 aliphatic heterocycles. The van der Waals surface area contributed by atoms with Crippen LogP contribution in [0.2, 0.25) is 0 Å². The van der Waals surface area contributed by atoms with Crippen LogP contribution < -0.4 is 10.1 Å².